The summed E-state index contributed by atoms with van der Waals surface area (Å²) in [6.45, 7) is 8.34. The van der Waals surface area contributed by atoms with Crippen molar-refractivity contribution in [1.29, 1.82) is 0 Å². The summed E-state index contributed by atoms with van der Waals surface area (Å²) in [4.78, 5) is 11.9. The average molecular weight is 300 g/mol. The monoisotopic (exact) mass is 299 g/mol. The van der Waals surface area contributed by atoms with Crippen LogP contribution in [0, 0.1) is 0 Å². The smallest absolute Gasteiger partial charge is 0.251 e. The number of rotatable bonds is 3. The van der Waals surface area contributed by atoms with Crippen LogP contribution in [-0.4, -0.2) is 18.1 Å². The standard InChI is InChI=1S/C13H18BrNO2/c1-5-17-11-8-9(6-7-10(11)14)12(16)15-13(2,3)4/h6-8H,5H2,1-4H3,(H,15,16). The highest BCUT2D eigenvalue weighted by molar-refractivity contribution is 9.10. The average Bonchev–Trinajstić information content (AvgIpc) is 2.19. The molecule has 0 aliphatic heterocycles. The van der Waals surface area contributed by atoms with Gasteiger partial charge in [0.05, 0.1) is 11.1 Å². The molecule has 3 nitrogen and oxygen atoms in total. The van der Waals surface area contributed by atoms with Crippen LogP contribution in [-0.2, 0) is 0 Å². The molecule has 0 bridgehead atoms. The van der Waals surface area contributed by atoms with Crippen molar-refractivity contribution in [3.8, 4) is 5.75 Å². The molecule has 1 rings (SSSR count). The van der Waals surface area contributed by atoms with Crippen LogP contribution in [0.15, 0.2) is 22.7 Å². The Morgan fingerprint density at radius 3 is 2.59 bits per heavy atom. The van der Waals surface area contributed by atoms with Crippen molar-refractivity contribution in [2.24, 2.45) is 0 Å². The predicted molar refractivity (Wildman–Crippen MR) is 72.5 cm³/mol. The molecule has 0 atom stereocenters. The second kappa shape index (κ2) is 5.54. The van der Waals surface area contributed by atoms with Gasteiger partial charge in [-0.25, -0.2) is 0 Å². The Hall–Kier alpha value is -1.03. The number of carbonyl (C=O) groups excluding carboxylic acids is 1. The molecule has 0 aliphatic rings. The first-order valence-corrected chi connectivity index (χ1v) is 6.37. The topological polar surface area (TPSA) is 38.3 Å². The summed E-state index contributed by atoms with van der Waals surface area (Å²) in [6.07, 6.45) is 0. The molecular formula is C13H18BrNO2. The molecular weight excluding hydrogens is 282 g/mol. The van der Waals surface area contributed by atoms with Crippen LogP contribution in [0.2, 0.25) is 0 Å². The van der Waals surface area contributed by atoms with E-state index in [4.69, 9.17) is 4.74 Å². The van der Waals surface area contributed by atoms with E-state index in [1.807, 2.05) is 33.8 Å². The van der Waals surface area contributed by atoms with Crippen LogP contribution in [0.1, 0.15) is 38.1 Å². The van der Waals surface area contributed by atoms with Crippen molar-refractivity contribution in [3.05, 3.63) is 28.2 Å². The number of halogens is 1. The van der Waals surface area contributed by atoms with Crippen molar-refractivity contribution in [2.75, 3.05) is 6.61 Å². The first-order chi connectivity index (χ1) is 7.83. The molecule has 0 unspecified atom stereocenters. The van der Waals surface area contributed by atoms with Crippen molar-refractivity contribution in [3.63, 3.8) is 0 Å². The Bertz CT molecular complexity index is 410. The molecule has 4 heteroatoms. The summed E-state index contributed by atoms with van der Waals surface area (Å²) in [7, 11) is 0. The van der Waals surface area contributed by atoms with Crippen LogP contribution >= 0.6 is 15.9 Å². The van der Waals surface area contributed by atoms with Gasteiger partial charge in [-0.05, 0) is 61.8 Å². The van der Waals surface area contributed by atoms with Gasteiger partial charge in [0.1, 0.15) is 5.75 Å². The highest BCUT2D eigenvalue weighted by atomic mass is 79.9. The number of ether oxygens (including phenoxy) is 1. The van der Waals surface area contributed by atoms with Crippen LogP contribution in [0.3, 0.4) is 0 Å². The molecule has 1 aromatic rings. The Kier molecular flexibility index (Phi) is 4.57. The van der Waals surface area contributed by atoms with Gasteiger partial charge >= 0.3 is 0 Å². The molecule has 0 heterocycles. The lowest BCUT2D eigenvalue weighted by molar-refractivity contribution is 0.0919. The predicted octanol–water partition coefficient (Wildman–Crippen LogP) is 3.38. The van der Waals surface area contributed by atoms with Crippen LogP contribution in [0.4, 0.5) is 0 Å². The summed E-state index contributed by atoms with van der Waals surface area (Å²) >= 11 is 3.39. The summed E-state index contributed by atoms with van der Waals surface area (Å²) in [5.41, 5.74) is 0.363. The van der Waals surface area contributed by atoms with Gasteiger partial charge in [0.15, 0.2) is 0 Å². The quantitative estimate of drug-likeness (QED) is 0.929. The number of carbonyl (C=O) groups is 1. The minimum Gasteiger partial charge on any atom is -0.493 e. The molecule has 0 aliphatic carbocycles. The van der Waals surface area contributed by atoms with Crippen molar-refractivity contribution in [2.45, 2.75) is 33.2 Å². The third-order valence-electron chi connectivity index (χ3n) is 1.98. The summed E-state index contributed by atoms with van der Waals surface area (Å²) in [6, 6.07) is 5.34. The molecule has 17 heavy (non-hydrogen) atoms. The highest BCUT2D eigenvalue weighted by Crippen LogP contribution is 2.26. The molecule has 1 amide bonds. The van der Waals surface area contributed by atoms with Crippen LogP contribution < -0.4 is 10.1 Å². The van der Waals surface area contributed by atoms with Gasteiger partial charge in [-0.2, -0.15) is 0 Å². The Morgan fingerprint density at radius 1 is 1.41 bits per heavy atom. The maximum Gasteiger partial charge on any atom is 0.251 e. The largest absolute Gasteiger partial charge is 0.493 e. The highest BCUT2D eigenvalue weighted by Gasteiger charge is 2.16. The van der Waals surface area contributed by atoms with Crippen LogP contribution in [0.25, 0.3) is 0 Å². The first kappa shape index (κ1) is 14.0. The third-order valence-corrected chi connectivity index (χ3v) is 2.64. The molecule has 0 spiro atoms. The second-order valence-electron chi connectivity index (χ2n) is 4.78. The zero-order valence-electron chi connectivity index (χ0n) is 10.6. The number of hydrogen-bond donors (Lipinski definition) is 1. The zero-order chi connectivity index (χ0) is 13.1. The van der Waals surface area contributed by atoms with Crippen molar-refractivity contribution in [1.82, 2.24) is 5.32 Å². The van der Waals surface area contributed by atoms with E-state index in [-0.39, 0.29) is 11.4 Å². The van der Waals surface area contributed by atoms with E-state index < -0.39 is 0 Å². The molecule has 0 radical (unpaired) electrons. The molecule has 0 saturated heterocycles. The van der Waals surface area contributed by atoms with E-state index in [9.17, 15) is 4.79 Å². The maximum absolute atomic E-state index is 11.9. The van der Waals surface area contributed by atoms with E-state index in [0.29, 0.717) is 17.9 Å². The molecule has 0 saturated carbocycles. The lowest BCUT2D eigenvalue weighted by Gasteiger charge is -2.20. The third kappa shape index (κ3) is 4.38. The Morgan fingerprint density at radius 2 is 2.06 bits per heavy atom. The molecule has 0 fully saturated rings. The first-order valence-electron chi connectivity index (χ1n) is 5.58. The summed E-state index contributed by atoms with van der Waals surface area (Å²) < 4.78 is 6.28. The van der Waals surface area contributed by atoms with Gasteiger partial charge in [-0.3, -0.25) is 4.79 Å². The normalized spacial score (nSPS) is 11.1. The zero-order valence-corrected chi connectivity index (χ0v) is 12.2. The minimum atomic E-state index is -0.240. The number of benzene rings is 1. The van der Waals surface area contributed by atoms with Gasteiger partial charge in [0, 0.05) is 11.1 Å². The van der Waals surface area contributed by atoms with E-state index in [2.05, 4.69) is 21.2 Å². The van der Waals surface area contributed by atoms with Gasteiger partial charge in [-0.1, -0.05) is 0 Å². The fraction of sp³-hybridized carbons (Fsp3) is 0.462. The second-order valence-corrected chi connectivity index (χ2v) is 5.64. The van der Waals surface area contributed by atoms with E-state index in [1.54, 1.807) is 12.1 Å². The SMILES string of the molecule is CCOc1cc(C(=O)NC(C)(C)C)ccc1Br. The molecule has 1 aromatic carbocycles. The lowest BCUT2D eigenvalue weighted by atomic mass is 10.1. The Labute approximate surface area is 111 Å². The van der Waals surface area contributed by atoms with E-state index in [1.165, 1.54) is 0 Å². The molecule has 0 aromatic heterocycles. The fourth-order valence-corrected chi connectivity index (χ4v) is 1.68. The maximum atomic E-state index is 11.9. The van der Waals surface area contributed by atoms with Gasteiger partial charge in [-0.15, -0.1) is 0 Å². The number of nitrogens with one attached hydrogen (secondary N) is 1. The lowest BCUT2D eigenvalue weighted by Crippen LogP contribution is -2.40. The fourth-order valence-electron chi connectivity index (χ4n) is 1.32. The number of amides is 1. The Balaban J connectivity index is 2.91. The van der Waals surface area contributed by atoms with Gasteiger partial charge in [0.25, 0.3) is 5.91 Å². The number of hydrogen-bond acceptors (Lipinski definition) is 2. The van der Waals surface area contributed by atoms with Gasteiger partial charge < -0.3 is 10.1 Å². The van der Waals surface area contributed by atoms with Crippen molar-refractivity contribution < 1.29 is 9.53 Å². The minimum absolute atomic E-state index is 0.0917. The van der Waals surface area contributed by atoms with Crippen LogP contribution in [0.5, 0.6) is 5.75 Å². The van der Waals surface area contributed by atoms with E-state index in [0.717, 1.165) is 4.47 Å². The molecule has 94 valence electrons. The van der Waals surface area contributed by atoms with Crippen molar-refractivity contribution >= 4 is 21.8 Å². The van der Waals surface area contributed by atoms with E-state index >= 15 is 0 Å². The van der Waals surface area contributed by atoms with Gasteiger partial charge in [0.2, 0.25) is 0 Å². The summed E-state index contributed by atoms with van der Waals surface area (Å²) in [5.74, 6) is 0.597. The molecule has 1 N–H and O–H groups in total. The summed E-state index contributed by atoms with van der Waals surface area (Å²) in [5, 5.41) is 2.91.